The fourth-order valence-electron chi connectivity index (χ4n) is 4.56. The summed E-state index contributed by atoms with van der Waals surface area (Å²) in [6, 6.07) is 0.820. The highest BCUT2D eigenvalue weighted by molar-refractivity contribution is 6.33. The lowest BCUT2D eigenvalue weighted by Gasteiger charge is -2.41. The zero-order valence-corrected chi connectivity index (χ0v) is 20.4. The molecule has 2 atom stereocenters. The monoisotopic (exact) mass is 516 g/mol. The Morgan fingerprint density at radius 2 is 2.17 bits per heavy atom. The van der Waals surface area contributed by atoms with E-state index in [1.165, 1.54) is 28.9 Å². The molecule has 2 aromatic rings. The predicted octanol–water partition coefficient (Wildman–Crippen LogP) is 3.14. The van der Waals surface area contributed by atoms with E-state index < -0.39 is 11.7 Å². The van der Waals surface area contributed by atoms with Crippen molar-refractivity contribution in [1.29, 1.82) is 0 Å². The molecule has 4 rings (SSSR count). The normalized spacial score (nSPS) is 20.4. The number of carbonyl (C=O) groups is 1. The highest BCUT2D eigenvalue weighted by Crippen LogP contribution is 2.42. The molecule has 1 fully saturated rings. The quantitative estimate of drug-likeness (QED) is 0.345. The second-order valence-electron chi connectivity index (χ2n) is 8.51. The maximum Gasteiger partial charge on any atom is 0.350 e. The number of aliphatic hydroxyl groups excluding tert-OH is 2. The summed E-state index contributed by atoms with van der Waals surface area (Å²) in [6.45, 7) is 6.40. The van der Waals surface area contributed by atoms with Gasteiger partial charge in [0.2, 0.25) is 5.91 Å². The smallest absolute Gasteiger partial charge is 0.350 e. The number of amides is 1. The van der Waals surface area contributed by atoms with Crippen LogP contribution in [0.3, 0.4) is 0 Å². The van der Waals surface area contributed by atoms with Crippen LogP contribution in [0.15, 0.2) is 53.8 Å². The van der Waals surface area contributed by atoms with Gasteiger partial charge >= 0.3 is 5.69 Å². The molecular formula is C25H26ClFN4O5. The molecule has 9 nitrogen and oxygen atoms in total. The Hall–Kier alpha value is -3.63. The van der Waals surface area contributed by atoms with Crippen LogP contribution in [-0.2, 0) is 4.79 Å². The van der Waals surface area contributed by atoms with Crippen molar-refractivity contribution in [2.75, 3.05) is 37.7 Å². The lowest BCUT2D eigenvalue weighted by molar-refractivity contribution is -0.126. The molecule has 36 heavy (non-hydrogen) atoms. The van der Waals surface area contributed by atoms with Crippen molar-refractivity contribution in [3.05, 3.63) is 70.1 Å². The lowest BCUT2D eigenvalue weighted by atomic mass is 10.0. The fraction of sp³-hybridized carbons (Fsp3) is 0.320. The van der Waals surface area contributed by atoms with Crippen LogP contribution in [0, 0.1) is 0 Å². The van der Waals surface area contributed by atoms with Gasteiger partial charge in [0.1, 0.15) is 18.2 Å². The van der Waals surface area contributed by atoms with Crippen molar-refractivity contribution in [3.8, 4) is 5.75 Å². The van der Waals surface area contributed by atoms with E-state index in [9.17, 15) is 24.2 Å². The van der Waals surface area contributed by atoms with Gasteiger partial charge in [-0.15, -0.1) is 0 Å². The Morgan fingerprint density at radius 1 is 1.39 bits per heavy atom. The minimum atomic E-state index is -0.658. The molecule has 2 aliphatic rings. The van der Waals surface area contributed by atoms with Crippen molar-refractivity contribution in [2.24, 2.45) is 0 Å². The lowest BCUT2D eigenvalue weighted by Crippen LogP contribution is -2.54. The molecule has 2 unspecified atom stereocenters. The minimum Gasteiger partial charge on any atom is -0.508 e. The van der Waals surface area contributed by atoms with Gasteiger partial charge in [-0.2, -0.15) is 4.98 Å². The van der Waals surface area contributed by atoms with Crippen LogP contribution < -0.4 is 15.3 Å². The number of anilines is 1. The van der Waals surface area contributed by atoms with E-state index in [1.807, 2.05) is 11.8 Å². The molecule has 1 aromatic carbocycles. The van der Waals surface area contributed by atoms with Gasteiger partial charge in [-0.05, 0) is 37.3 Å². The Balaban J connectivity index is 1.90. The topological polar surface area (TPSA) is 108 Å². The molecule has 0 radical (unpaired) electrons. The maximum absolute atomic E-state index is 13.2. The molecule has 0 spiro atoms. The molecule has 0 saturated carbocycles. The van der Waals surface area contributed by atoms with Crippen LogP contribution in [0.2, 0.25) is 5.02 Å². The second kappa shape index (κ2) is 10.5. The number of rotatable bonds is 6. The number of aliphatic hydroxyl groups is 2. The van der Waals surface area contributed by atoms with Gasteiger partial charge in [-0.3, -0.25) is 9.36 Å². The van der Waals surface area contributed by atoms with Crippen LogP contribution in [-0.4, -0.2) is 69.5 Å². The Labute approximate surface area is 211 Å². The molecule has 0 bridgehead atoms. The van der Waals surface area contributed by atoms with Crippen molar-refractivity contribution < 1.29 is 24.1 Å². The number of aromatic nitrogens is 2. The zero-order chi connectivity index (χ0) is 26.0. The van der Waals surface area contributed by atoms with E-state index in [-0.39, 0.29) is 41.7 Å². The molecular weight excluding hydrogens is 491 g/mol. The summed E-state index contributed by atoms with van der Waals surface area (Å²) in [7, 11) is 0. The highest BCUT2D eigenvalue weighted by atomic mass is 35.5. The van der Waals surface area contributed by atoms with Crippen LogP contribution in [0.25, 0.3) is 17.0 Å². The number of nitrogens with zero attached hydrogens (tertiary/aromatic N) is 4. The number of ether oxygens (including phenoxy) is 1. The van der Waals surface area contributed by atoms with Crippen molar-refractivity contribution in [3.63, 3.8) is 0 Å². The first-order chi connectivity index (χ1) is 17.3. The second-order valence-corrected chi connectivity index (χ2v) is 8.92. The van der Waals surface area contributed by atoms with Gasteiger partial charge < -0.3 is 24.7 Å². The molecule has 1 saturated heterocycles. The number of benzene rings is 1. The molecule has 0 aliphatic carbocycles. The van der Waals surface area contributed by atoms with E-state index in [1.54, 1.807) is 11.0 Å². The van der Waals surface area contributed by atoms with Gasteiger partial charge in [-0.25, -0.2) is 9.18 Å². The van der Waals surface area contributed by atoms with E-state index in [2.05, 4.69) is 11.6 Å². The van der Waals surface area contributed by atoms with Crippen molar-refractivity contribution in [2.45, 2.75) is 19.0 Å². The number of hydrogen-bond donors (Lipinski definition) is 2. The van der Waals surface area contributed by atoms with Gasteiger partial charge in [-0.1, -0.05) is 24.3 Å². The van der Waals surface area contributed by atoms with Crippen molar-refractivity contribution in [1.82, 2.24) is 14.5 Å². The van der Waals surface area contributed by atoms with Crippen molar-refractivity contribution >= 4 is 40.3 Å². The minimum absolute atomic E-state index is 0.000643. The molecule has 1 aromatic heterocycles. The van der Waals surface area contributed by atoms with Crippen LogP contribution in [0.4, 0.5) is 10.2 Å². The molecule has 2 N–H and O–H groups in total. The van der Waals surface area contributed by atoms with Crippen LogP contribution in [0.5, 0.6) is 5.75 Å². The van der Waals surface area contributed by atoms with Gasteiger partial charge in [0.05, 0.1) is 29.5 Å². The fourth-order valence-corrected chi connectivity index (χ4v) is 4.81. The third-order valence-electron chi connectivity index (χ3n) is 6.26. The first-order valence-corrected chi connectivity index (χ1v) is 11.7. The Bertz CT molecular complexity index is 1350. The molecule has 190 valence electrons. The number of allylic oxidation sites excluding steroid dienone is 3. The molecule has 2 aliphatic heterocycles. The average Bonchev–Trinajstić information content (AvgIpc) is 2.87. The number of hydrogen-bond acceptors (Lipinski definition) is 7. The van der Waals surface area contributed by atoms with Gasteiger partial charge in [0, 0.05) is 36.6 Å². The first kappa shape index (κ1) is 25.5. The summed E-state index contributed by atoms with van der Waals surface area (Å²) in [6.07, 6.45) is 6.66. The molecule has 11 heteroatoms. The standard InChI is InChI=1S/C25H26ClFN4O5/c1-3-21(34)29-8-9-30(15(2)12-29)24-19-11-20(26)18(10-17(33)6-4-5-7-27)23-22(19)31(25(35)28-24)16(13-32)14-36-23/h3-7,10-11,15-16,32-33H,1,8-9,12-14H2,2H3/b6-4-,7-5+,17-10-. The van der Waals surface area contributed by atoms with E-state index in [0.29, 0.717) is 48.2 Å². The predicted molar refractivity (Wildman–Crippen MR) is 136 cm³/mol. The largest absolute Gasteiger partial charge is 0.508 e. The van der Waals surface area contributed by atoms with E-state index >= 15 is 0 Å². The van der Waals surface area contributed by atoms with Crippen LogP contribution >= 0.6 is 11.6 Å². The SMILES string of the molecule is C=CC(=O)N1CCN(c2nc(=O)n3c4c(c(/C=C(O)/C=C\C=C\F)c(Cl)cc24)OCC3CO)C(C)C1. The molecule has 3 heterocycles. The summed E-state index contributed by atoms with van der Waals surface area (Å²) < 4.78 is 19.6. The average molecular weight is 517 g/mol. The zero-order valence-electron chi connectivity index (χ0n) is 19.6. The summed E-state index contributed by atoms with van der Waals surface area (Å²) in [5.41, 5.74) is 0.155. The summed E-state index contributed by atoms with van der Waals surface area (Å²) in [5.74, 6) is 0.277. The van der Waals surface area contributed by atoms with E-state index in [0.717, 1.165) is 6.08 Å². The summed E-state index contributed by atoms with van der Waals surface area (Å²) in [5, 5.41) is 21.0. The number of carbonyl (C=O) groups excluding carboxylic acids is 1. The Morgan fingerprint density at radius 3 is 2.83 bits per heavy atom. The maximum atomic E-state index is 13.2. The Kier molecular flexibility index (Phi) is 7.46. The third kappa shape index (κ3) is 4.61. The number of halogens is 2. The third-order valence-corrected chi connectivity index (χ3v) is 6.57. The van der Waals surface area contributed by atoms with E-state index in [4.69, 9.17) is 16.3 Å². The van der Waals surface area contributed by atoms with Gasteiger partial charge in [0.15, 0.2) is 5.75 Å². The summed E-state index contributed by atoms with van der Waals surface area (Å²) >= 11 is 6.63. The van der Waals surface area contributed by atoms with Gasteiger partial charge in [0.25, 0.3) is 0 Å². The highest BCUT2D eigenvalue weighted by Gasteiger charge is 2.33. The van der Waals surface area contributed by atoms with Crippen LogP contribution in [0.1, 0.15) is 18.5 Å². The first-order valence-electron chi connectivity index (χ1n) is 11.3. The summed E-state index contributed by atoms with van der Waals surface area (Å²) in [4.78, 5) is 33.3. The molecule has 1 amide bonds. The number of piperazine rings is 1.